The standard InChI is InChI=1S/2C7H7NO2/c2*1-5-2-6(7(9)10)4-8-3-5/h2*2-4H,1H3,(H,9,10). The molecular formula is C14H14N2O4. The summed E-state index contributed by atoms with van der Waals surface area (Å²) >= 11 is 0. The predicted molar refractivity (Wildman–Crippen MR) is 71.9 cm³/mol. The number of hydrogen-bond acceptors (Lipinski definition) is 4. The number of aromatic carboxylic acids is 2. The molecule has 0 unspecified atom stereocenters. The number of nitrogens with zero attached hydrogens (tertiary/aromatic N) is 2. The second-order valence-corrected chi connectivity index (χ2v) is 4.11. The molecule has 20 heavy (non-hydrogen) atoms. The number of rotatable bonds is 2. The van der Waals surface area contributed by atoms with Gasteiger partial charge < -0.3 is 10.2 Å². The van der Waals surface area contributed by atoms with E-state index in [2.05, 4.69) is 9.97 Å². The molecule has 2 heterocycles. The lowest BCUT2D eigenvalue weighted by Gasteiger charge is -1.92. The zero-order chi connectivity index (χ0) is 15.1. The summed E-state index contributed by atoms with van der Waals surface area (Å²) in [5.41, 5.74) is 2.19. The largest absolute Gasteiger partial charge is 0.478 e. The van der Waals surface area contributed by atoms with Crippen molar-refractivity contribution < 1.29 is 19.8 Å². The number of carbonyl (C=O) groups is 2. The van der Waals surface area contributed by atoms with Gasteiger partial charge in [-0.25, -0.2) is 9.59 Å². The molecule has 0 spiro atoms. The van der Waals surface area contributed by atoms with Crippen LogP contribution in [0.4, 0.5) is 0 Å². The number of pyridine rings is 2. The molecule has 0 fully saturated rings. The summed E-state index contributed by atoms with van der Waals surface area (Å²) in [4.78, 5) is 28.1. The highest BCUT2D eigenvalue weighted by molar-refractivity contribution is 5.87. The van der Waals surface area contributed by atoms with Crippen LogP contribution in [0.3, 0.4) is 0 Å². The van der Waals surface area contributed by atoms with Gasteiger partial charge in [-0.15, -0.1) is 0 Å². The lowest BCUT2D eigenvalue weighted by Crippen LogP contribution is -1.96. The SMILES string of the molecule is Cc1cncc(C(=O)O)c1.Cc1cncc(C(=O)O)c1. The first-order chi connectivity index (χ1) is 9.40. The van der Waals surface area contributed by atoms with Crippen molar-refractivity contribution in [3.63, 3.8) is 0 Å². The Labute approximate surface area is 115 Å². The third-order valence-electron chi connectivity index (χ3n) is 2.24. The smallest absolute Gasteiger partial charge is 0.337 e. The van der Waals surface area contributed by atoms with E-state index in [1.54, 1.807) is 38.4 Å². The van der Waals surface area contributed by atoms with Crippen LogP contribution in [0.15, 0.2) is 36.9 Å². The maximum atomic E-state index is 10.3. The fourth-order valence-corrected chi connectivity index (χ4v) is 1.34. The summed E-state index contributed by atoms with van der Waals surface area (Å²) in [6.07, 6.45) is 5.89. The Hall–Kier alpha value is -2.76. The van der Waals surface area contributed by atoms with Crippen molar-refractivity contribution in [1.29, 1.82) is 0 Å². The normalized spacial score (nSPS) is 9.30. The van der Waals surface area contributed by atoms with E-state index in [-0.39, 0.29) is 11.1 Å². The molecule has 2 N–H and O–H groups in total. The molecular weight excluding hydrogens is 260 g/mol. The zero-order valence-corrected chi connectivity index (χ0v) is 11.1. The molecule has 0 aliphatic carbocycles. The van der Waals surface area contributed by atoms with Crippen LogP contribution in [-0.4, -0.2) is 32.1 Å². The van der Waals surface area contributed by atoms with Gasteiger partial charge in [-0.1, -0.05) is 0 Å². The van der Waals surface area contributed by atoms with E-state index in [0.717, 1.165) is 11.1 Å². The van der Waals surface area contributed by atoms with E-state index in [1.807, 2.05) is 0 Å². The molecule has 2 rings (SSSR count). The third kappa shape index (κ3) is 4.85. The van der Waals surface area contributed by atoms with Crippen molar-refractivity contribution in [2.45, 2.75) is 13.8 Å². The van der Waals surface area contributed by atoms with Gasteiger partial charge in [-0.2, -0.15) is 0 Å². The number of hydrogen-bond donors (Lipinski definition) is 2. The Morgan fingerprint density at radius 2 is 1.15 bits per heavy atom. The number of aromatic nitrogens is 2. The Balaban J connectivity index is 0.000000200. The van der Waals surface area contributed by atoms with Gasteiger partial charge in [0.2, 0.25) is 0 Å². The average molecular weight is 274 g/mol. The van der Waals surface area contributed by atoms with Crippen LogP contribution in [0.1, 0.15) is 31.8 Å². The Morgan fingerprint density at radius 1 is 0.800 bits per heavy atom. The van der Waals surface area contributed by atoms with Crippen LogP contribution in [0.5, 0.6) is 0 Å². The zero-order valence-electron chi connectivity index (χ0n) is 11.1. The van der Waals surface area contributed by atoms with Gasteiger partial charge >= 0.3 is 11.9 Å². The molecule has 6 heteroatoms. The molecule has 0 aliphatic heterocycles. The summed E-state index contributed by atoms with van der Waals surface area (Å²) in [6, 6.07) is 3.16. The van der Waals surface area contributed by atoms with Gasteiger partial charge in [0, 0.05) is 24.8 Å². The maximum Gasteiger partial charge on any atom is 0.337 e. The molecule has 0 bridgehead atoms. The highest BCUT2D eigenvalue weighted by Gasteiger charge is 2.01. The van der Waals surface area contributed by atoms with E-state index in [1.165, 1.54) is 12.4 Å². The topological polar surface area (TPSA) is 100 Å². The maximum absolute atomic E-state index is 10.3. The van der Waals surface area contributed by atoms with Gasteiger partial charge in [-0.3, -0.25) is 9.97 Å². The van der Waals surface area contributed by atoms with Crippen molar-refractivity contribution >= 4 is 11.9 Å². The molecule has 6 nitrogen and oxygen atoms in total. The Bertz CT molecular complexity index is 571. The van der Waals surface area contributed by atoms with Crippen molar-refractivity contribution in [3.05, 3.63) is 59.2 Å². The van der Waals surface area contributed by atoms with E-state index in [9.17, 15) is 9.59 Å². The molecule has 0 radical (unpaired) electrons. The van der Waals surface area contributed by atoms with Crippen LogP contribution >= 0.6 is 0 Å². The highest BCUT2D eigenvalue weighted by atomic mass is 16.4. The fraction of sp³-hybridized carbons (Fsp3) is 0.143. The molecule has 0 atom stereocenters. The summed E-state index contributed by atoms with van der Waals surface area (Å²) < 4.78 is 0. The summed E-state index contributed by atoms with van der Waals surface area (Å²) in [7, 11) is 0. The number of aryl methyl sites for hydroxylation is 2. The summed E-state index contributed by atoms with van der Waals surface area (Å²) in [6.45, 7) is 3.61. The first-order valence-corrected chi connectivity index (χ1v) is 5.70. The minimum Gasteiger partial charge on any atom is -0.478 e. The molecule has 0 amide bonds. The van der Waals surface area contributed by atoms with Crippen LogP contribution in [0, 0.1) is 13.8 Å². The van der Waals surface area contributed by atoms with Gasteiger partial charge in [0.25, 0.3) is 0 Å². The van der Waals surface area contributed by atoms with E-state index in [4.69, 9.17) is 10.2 Å². The fourth-order valence-electron chi connectivity index (χ4n) is 1.34. The molecule has 0 saturated heterocycles. The van der Waals surface area contributed by atoms with Gasteiger partial charge in [0.15, 0.2) is 0 Å². The van der Waals surface area contributed by atoms with Crippen molar-refractivity contribution in [2.75, 3.05) is 0 Å². The summed E-state index contributed by atoms with van der Waals surface area (Å²) in [5.74, 6) is -1.87. The highest BCUT2D eigenvalue weighted by Crippen LogP contribution is 2.00. The molecule has 0 aromatic carbocycles. The Kier molecular flexibility index (Phi) is 5.34. The lowest BCUT2D eigenvalue weighted by molar-refractivity contribution is 0.0685. The number of carboxylic acids is 2. The number of carboxylic acid groups (broad SMARTS) is 2. The average Bonchev–Trinajstić information content (AvgIpc) is 2.39. The van der Waals surface area contributed by atoms with Gasteiger partial charge in [0.05, 0.1) is 11.1 Å². The van der Waals surface area contributed by atoms with Crippen molar-refractivity contribution in [1.82, 2.24) is 9.97 Å². The second-order valence-electron chi connectivity index (χ2n) is 4.11. The quantitative estimate of drug-likeness (QED) is 0.870. The van der Waals surface area contributed by atoms with Crippen LogP contribution in [-0.2, 0) is 0 Å². The van der Waals surface area contributed by atoms with Crippen molar-refractivity contribution in [3.8, 4) is 0 Å². The van der Waals surface area contributed by atoms with E-state index >= 15 is 0 Å². The lowest BCUT2D eigenvalue weighted by atomic mass is 10.2. The van der Waals surface area contributed by atoms with Gasteiger partial charge in [-0.05, 0) is 37.1 Å². The molecule has 2 aromatic heterocycles. The molecule has 0 saturated carbocycles. The first kappa shape index (κ1) is 15.3. The van der Waals surface area contributed by atoms with Crippen LogP contribution in [0.25, 0.3) is 0 Å². The third-order valence-corrected chi connectivity index (χ3v) is 2.24. The second kappa shape index (κ2) is 6.98. The monoisotopic (exact) mass is 274 g/mol. The molecule has 2 aromatic rings. The van der Waals surface area contributed by atoms with Crippen LogP contribution in [0.2, 0.25) is 0 Å². The minimum absolute atomic E-state index is 0.236. The first-order valence-electron chi connectivity index (χ1n) is 5.70. The minimum atomic E-state index is -0.934. The predicted octanol–water partition coefficient (Wildman–Crippen LogP) is 2.18. The van der Waals surface area contributed by atoms with E-state index in [0.29, 0.717) is 0 Å². The Morgan fingerprint density at radius 3 is 1.35 bits per heavy atom. The van der Waals surface area contributed by atoms with Gasteiger partial charge in [0.1, 0.15) is 0 Å². The molecule has 104 valence electrons. The van der Waals surface area contributed by atoms with E-state index < -0.39 is 11.9 Å². The van der Waals surface area contributed by atoms with Crippen LogP contribution < -0.4 is 0 Å². The summed E-state index contributed by atoms with van der Waals surface area (Å²) in [5, 5.41) is 16.9. The molecule has 0 aliphatic rings. The van der Waals surface area contributed by atoms with Crippen molar-refractivity contribution in [2.24, 2.45) is 0 Å².